The third kappa shape index (κ3) is 5.99. The van der Waals surface area contributed by atoms with Crippen LogP contribution in [0.15, 0.2) is 36.5 Å². The lowest BCUT2D eigenvalue weighted by molar-refractivity contribution is 0.0529. The molecule has 1 atom stereocenters. The number of carbonyl (C=O) groups excluding carboxylic acids is 1. The quantitative estimate of drug-likeness (QED) is 0.754. The van der Waals surface area contributed by atoms with Crippen LogP contribution in [0.1, 0.15) is 28.4 Å². The molecule has 3 N–H and O–H groups in total. The topological polar surface area (TPSA) is 80.5 Å². The Hall–Kier alpha value is -2.02. The van der Waals surface area contributed by atoms with Crippen LogP contribution in [0.3, 0.4) is 0 Å². The van der Waals surface area contributed by atoms with E-state index in [1.807, 2.05) is 31.3 Å². The van der Waals surface area contributed by atoms with Gasteiger partial charge in [-0.25, -0.2) is 4.98 Å². The number of carbonyl (C=O) groups is 1. The summed E-state index contributed by atoms with van der Waals surface area (Å²) in [5, 5.41) is 2.92. The van der Waals surface area contributed by atoms with Crippen LogP contribution in [0, 0.1) is 6.92 Å². The molecule has 0 saturated carbocycles. The van der Waals surface area contributed by atoms with Crippen molar-refractivity contribution in [2.45, 2.75) is 26.5 Å². The van der Waals surface area contributed by atoms with E-state index in [1.54, 1.807) is 12.1 Å². The number of benzene rings is 1. The van der Waals surface area contributed by atoms with Gasteiger partial charge in [0.15, 0.2) is 0 Å². The number of ether oxygens (including phenoxy) is 1. The number of nitrogen functional groups attached to an aromatic ring is 1. The molecule has 0 spiro atoms. The maximum atomic E-state index is 12.3. The molecule has 6 nitrogen and oxygen atoms in total. The van der Waals surface area contributed by atoms with Gasteiger partial charge in [-0.2, -0.15) is 0 Å². The Balaban J connectivity index is 0.00000182. The molecule has 1 amide bonds. The van der Waals surface area contributed by atoms with E-state index in [-0.39, 0.29) is 36.8 Å². The van der Waals surface area contributed by atoms with Crippen molar-refractivity contribution in [3.63, 3.8) is 0 Å². The number of morpholine rings is 1. The van der Waals surface area contributed by atoms with Gasteiger partial charge in [0.1, 0.15) is 5.82 Å². The summed E-state index contributed by atoms with van der Waals surface area (Å²) in [5.74, 6) is 0.813. The molecule has 1 fully saturated rings. The predicted octanol–water partition coefficient (Wildman–Crippen LogP) is 2.97. The molecule has 8 heteroatoms. The summed E-state index contributed by atoms with van der Waals surface area (Å²) in [6, 6.07) is 9.33. The highest BCUT2D eigenvalue weighted by molar-refractivity contribution is 5.96. The zero-order valence-electron chi connectivity index (χ0n) is 15.5. The van der Waals surface area contributed by atoms with Crippen molar-refractivity contribution in [2.75, 3.05) is 30.3 Å². The van der Waals surface area contributed by atoms with E-state index in [4.69, 9.17) is 10.5 Å². The fourth-order valence-corrected chi connectivity index (χ4v) is 2.90. The van der Waals surface area contributed by atoms with Crippen LogP contribution < -0.4 is 16.0 Å². The number of amides is 1. The number of pyridine rings is 1. The molecular weight excluding hydrogens is 387 g/mol. The van der Waals surface area contributed by atoms with E-state index in [9.17, 15) is 4.79 Å². The summed E-state index contributed by atoms with van der Waals surface area (Å²) in [7, 11) is 0. The number of halogens is 2. The first-order chi connectivity index (χ1) is 12.0. The van der Waals surface area contributed by atoms with Crippen LogP contribution in [0.2, 0.25) is 0 Å². The zero-order valence-corrected chi connectivity index (χ0v) is 17.1. The lowest BCUT2D eigenvalue weighted by atomic mass is 10.1. The third-order valence-electron chi connectivity index (χ3n) is 4.33. The number of nitrogens with zero attached hydrogens (tertiary/aromatic N) is 2. The average Bonchev–Trinajstić information content (AvgIpc) is 2.62. The van der Waals surface area contributed by atoms with E-state index >= 15 is 0 Å². The van der Waals surface area contributed by atoms with Gasteiger partial charge in [0, 0.05) is 37.1 Å². The van der Waals surface area contributed by atoms with Crippen molar-refractivity contribution in [1.82, 2.24) is 10.3 Å². The highest BCUT2D eigenvalue weighted by Crippen LogP contribution is 2.16. The Kier molecular flexibility index (Phi) is 8.82. The van der Waals surface area contributed by atoms with Gasteiger partial charge < -0.3 is 20.7 Å². The lowest BCUT2D eigenvalue weighted by Gasteiger charge is -2.32. The summed E-state index contributed by atoms with van der Waals surface area (Å²) in [4.78, 5) is 19.1. The Morgan fingerprint density at radius 2 is 2.11 bits per heavy atom. The van der Waals surface area contributed by atoms with Crippen molar-refractivity contribution >= 4 is 42.2 Å². The summed E-state index contributed by atoms with van der Waals surface area (Å²) in [6.45, 7) is 6.81. The predicted molar refractivity (Wildman–Crippen MR) is 113 cm³/mol. The molecule has 2 aromatic rings. The van der Waals surface area contributed by atoms with E-state index in [0.29, 0.717) is 17.8 Å². The van der Waals surface area contributed by atoms with Crippen molar-refractivity contribution in [3.8, 4) is 0 Å². The Morgan fingerprint density at radius 1 is 1.33 bits per heavy atom. The molecule has 1 saturated heterocycles. The SMILES string of the molecule is Cc1ccc(N)cc1C(=O)NCc1ccc(N2CCOC(C)C2)nc1.Cl.Cl. The number of anilines is 2. The molecule has 27 heavy (non-hydrogen) atoms. The van der Waals surface area contributed by atoms with Crippen LogP contribution >= 0.6 is 24.8 Å². The standard InChI is InChI=1S/C19H24N4O2.2ClH/c1-13-3-5-16(20)9-17(13)19(24)22-11-15-4-6-18(21-10-15)23-7-8-25-14(2)12-23;;/h3-6,9-10,14H,7-8,11-12,20H2,1-2H3,(H,22,24);2*1H. The number of hydrogen-bond donors (Lipinski definition) is 2. The molecule has 3 rings (SSSR count). The van der Waals surface area contributed by atoms with Gasteiger partial charge in [0.05, 0.1) is 12.7 Å². The van der Waals surface area contributed by atoms with Crippen LogP contribution in [-0.2, 0) is 11.3 Å². The normalized spacial score (nSPS) is 16.1. The van der Waals surface area contributed by atoms with Gasteiger partial charge in [-0.05, 0) is 43.2 Å². The maximum Gasteiger partial charge on any atom is 0.251 e. The van der Waals surface area contributed by atoms with Crippen molar-refractivity contribution < 1.29 is 9.53 Å². The summed E-state index contributed by atoms with van der Waals surface area (Å²) >= 11 is 0. The largest absolute Gasteiger partial charge is 0.399 e. The second kappa shape index (κ2) is 10.3. The third-order valence-corrected chi connectivity index (χ3v) is 4.33. The van der Waals surface area contributed by atoms with Gasteiger partial charge in [-0.1, -0.05) is 12.1 Å². The minimum absolute atomic E-state index is 0. The lowest BCUT2D eigenvalue weighted by Crippen LogP contribution is -2.41. The van der Waals surface area contributed by atoms with E-state index in [1.165, 1.54) is 0 Å². The molecule has 1 unspecified atom stereocenters. The number of hydrogen-bond acceptors (Lipinski definition) is 5. The Labute approximate surface area is 172 Å². The molecule has 0 radical (unpaired) electrons. The monoisotopic (exact) mass is 412 g/mol. The summed E-state index contributed by atoms with van der Waals surface area (Å²) in [6.07, 6.45) is 2.03. The number of aromatic nitrogens is 1. The molecule has 0 aliphatic carbocycles. The Bertz CT molecular complexity index is 756. The smallest absolute Gasteiger partial charge is 0.251 e. The van der Waals surface area contributed by atoms with Crippen LogP contribution in [0.4, 0.5) is 11.5 Å². The summed E-state index contributed by atoms with van der Waals surface area (Å²) in [5.41, 5.74) is 8.82. The van der Waals surface area contributed by atoms with Crippen LogP contribution in [-0.4, -0.2) is 36.7 Å². The first-order valence-electron chi connectivity index (χ1n) is 8.49. The van der Waals surface area contributed by atoms with Crippen molar-refractivity contribution in [2.24, 2.45) is 0 Å². The molecule has 0 bridgehead atoms. The van der Waals surface area contributed by atoms with Gasteiger partial charge >= 0.3 is 0 Å². The highest BCUT2D eigenvalue weighted by atomic mass is 35.5. The molecule has 1 aliphatic rings. The van der Waals surface area contributed by atoms with Crippen molar-refractivity contribution in [3.05, 3.63) is 53.2 Å². The average molecular weight is 413 g/mol. The van der Waals surface area contributed by atoms with Crippen LogP contribution in [0.5, 0.6) is 0 Å². The molecule has 148 valence electrons. The molecule has 1 aromatic carbocycles. The fraction of sp³-hybridized carbons (Fsp3) is 0.368. The molecule has 2 heterocycles. The Morgan fingerprint density at radius 3 is 2.78 bits per heavy atom. The number of nitrogens with two attached hydrogens (primary N) is 1. The van der Waals surface area contributed by atoms with Crippen LogP contribution in [0.25, 0.3) is 0 Å². The van der Waals surface area contributed by atoms with Crippen molar-refractivity contribution in [1.29, 1.82) is 0 Å². The van der Waals surface area contributed by atoms with E-state index < -0.39 is 0 Å². The second-order valence-electron chi connectivity index (χ2n) is 6.41. The van der Waals surface area contributed by atoms with Gasteiger partial charge in [0.25, 0.3) is 5.91 Å². The minimum atomic E-state index is -0.129. The van der Waals surface area contributed by atoms with E-state index in [0.717, 1.165) is 36.6 Å². The zero-order chi connectivity index (χ0) is 17.8. The fourth-order valence-electron chi connectivity index (χ4n) is 2.90. The van der Waals surface area contributed by atoms with Gasteiger partial charge in [-0.15, -0.1) is 24.8 Å². The highest BCUT2D eigenvalue weighted by Gasteiger charge is 2.17. The molecule has 1 aliphatic heterocycles. The number of nitrogens with one attached hydrogen (secondary N) is 1. The maximum absolute atomic E-state index is 12.3. The number of aryl methyl sites for hydroxylation is 1. The van der Waals surface area contributed by atoms with E-state index in [2.05, 4.69) is 22.1 Å². The first-order valence-corrected chi connectivity index (χ1v) is 8.49. The molecule has 1 aromatic heterocycles. The minimum Gasteiger partial charge on any atom is -0.399 e. The van der Waals surface area contributed by atoms with Gasteiger partial charge in [-0.3, -0.25) is 4.79 Å². The number of rotatable bonds is 4. The summed E-state index contributed by atoms with van der Waals surface area (Å²) < 4.78 is 5.55. The molecular formula is C19H26Cl2N4O2. The first kappa shape index (κ1) is 23.0. The second-order valence-corrected chi connectivity index (χ2v) is 6.41. The van der Waals surface area contributed by atoms with Gasteiger partial charge in [0.2, 0.25) is 0 Å².